The van der Waals surface area contributed by atoms with Crippen molar-refractivity contribution in [2.45, 2.75) is 0 Å². The van der Waals surface area contributed by atoms with Crippen LogP contribution in [0.25, 0.3) is 10.9 Å². The lowest BCUT2D eigenvalue weighted by Gasteiger charge is -1.88. The van der Waals surface area contributed by atoms with E-state index in [1.165, 1.54) is 6.47 Å². The number of para-hydroxylation sites is 1. The molecule has 0 saturated heterocycles. The summed E-state index contributed by atoms with van der Waals surface area (Å²) in [6.07, 6.45) is 0. The lowest BCUT2D eigenvalue weighted by Crippen LogP contribution is -1.88. The van der Waals surface area contributed by atoms with Gasteiger partial charge in [0.1, 0.15) is 0 Å². The first kappa shape index (κ1) is 6.84. The molecule has 1 radical (unpaired) electrons. The van der Waals surface area contributed by atoms with E-state index in [1.807, 2.05) is 24.3 Å². The van der Waals surface area contributed by atoms with Crippen molar-refractivity contribution in [3.05, 3.63) is 24.3 Å². The quantitative estimate of drug-likeness (QED) is 0.715. The SMILES string of the molecule is O=[C]Oc1n[nH]c2ccccc12. The Morgan fingerprint density at radius 3 is 3.08 bits per heavy atom. The minimum Gasteiger partial charge on any atom is -0.397 e. The Balaban J connectivity index is 2.62. The molecule has 4 nitrogen and oxygen atoms in total. The molecule has 1 aromatic carbocycles. The highest BCUT2D eigenvalue weighted by Crippen LogP contribution is 2.20. The van der Waals surface area contributed by atoms with Crippen molar-refractivity contribution in [3.8, 4) is 5.88 Å². The summed E-state index contributed by atoms with van der Waals surface area (Å²) >= 11 is 0. The second-order valence-corrected chi connectivity index (χ2v) is 2.26. The molecule has 12 heavy (non-hydrogen) atoms. The van der Waals surface area contributed by atoms with Crippen molar-refractivity contribution >= 4 is 17.4 Å². The van der Waals surface area contributed by atoms with Crippen LogP contribution in [0, 0.1) is 0 Å². The predicted octanol–water partition coefficient (Wildman–Crippen LogP) is 1.01. The van der Waals surface area contributed by atoms with Gasteiger partial charge < -0.3 is 4.74 Å². The summed E-state index contributed by atoms with van der Waals surface area (Å²) in [7, 11) is 0. The second-order valence-electron chi connectivity index (χ2n) is 2.26. The molecule has 0 spiro atoms. The van der Waals surface area contributed by atoms with E-state index in [0.717, 1.165) is 10.9 Å². The molecule has 0 bridgehead atoms. The average Bonchev–Trinajstić information content (AvgIpc) is 2.50. The number of hydrogen-bond acceptors (Lipinski definition) is 3. The minimum absolute atomic E-state index is 0.264. The molecule has 2 aromatic rings. The summed E-state index contributed by atoms with van der Waals surface area (Å²) in [6.45, 7) is 1.33. The van der Waals surface area contributed by atoms with Gasteiger partial charge in [0.25, 0.3) is 0 Å². The number of fused-ring (bicyclic) bond motifs is 1. The van der Waals surface area contributed by atoms with E-state index in [-0.39, 0.29) is 5.88 Å². The number of nitrogens with zero attached hydrogens (tertiary/aromatic N) is 1. The standard InChI is InChI=1S/C8H5N2O2/c11-5-12-8-6-3-1-2-4-7(6)9-10-8/h1-4H,(H,9,10). The Hall–Kier alpha value is -1.84. The van der Waals surface area contributed by atoms with E-state index in [2.05, 4.69) is 14.9 Å². The molecule has 2 rings (SSSR count). The van der Waals surface area contributed by atoms with Crippen LogP contribution < -0.4 is 4.74 Å². The molecule has 0 aliphatic rings. The van der Waals surface area contributed by atoms with Crippen molar-refractivity contribution in [1.82, 2.24) is 10.2 Å². The first-order valence-corrected chi connectivity index (χ1v) is 3.39. The van der Waals surface area contributed by atoms with Gasteiger partial charge in [0.2, 0.25) is 5.88 Å². The molecule has 0 unspecified atom stereocenters. The van der Waals surface area contributed by atoms with Crippen LogP contribution in [0.1, 0.15) is 0 Å². The number of carbonyl (C=O) groups excluding carboxylic acids is 1. The summed E-state index contributed by atoms with van der Waals surface area (Å²) in [5, 5.41) is 7.27. The number of ether oxygens (including phenoxy) is 1. The molecular formula is C8H5N2O2. The summed E-state index contributed by atoms with van der Waals surface area (Å²) in [5.74, 6) is 0.264. The Labute approximate surface area is 68.2 Å². The highest BCUT2D eigenvalue weighted by Gasteiger charge is 2.04. The minimum atomic E-state index is 0.264. The van der Waals surface area contributed by atoms with Gasteiger partial charge in [-0.3, -0.25) is 5.10 Å². The zero-order valence-electron chi connectivity index (χ0n) is 6.07. The van der Waals surface area contributed by atoms with Gasteiger partial charge in [0.15, 0.2) is 0 Å². The van der Waals surface area contributed by atoms with Crippen LogP contribution in [0.2, 0.25) is 0 Å². The van der Waals surface area contributed by atoms with Crippen LogP contribution in [0.15, 0.2) is 24.3 Å². The summed E-state index contributed by atoms with van der Waals surface area (Å²) in [4.78, 5) is 9.91. The fraction of sp³-hybridized carbons (Fsp3) is 0. The van der Waals surface area contributed by atoms with Gasteiger partial charge in [0.05, 0.1) is 10.9 Å². The number of rotatable bonds is 2. The highest BCUT2D eigenvalue weighted by molar-refractivity contribution is 5.84. The maximum atomic E-state index is 9.91. The smallest absolute Gasteiger partial charge is 0.397 e. The van der Waals surface area contributed by atoms with E-state index in [1.54, 1.807) is 0 Å². The number of H-pyrrole nitrogens is 1. The van der Waals surface area contributed by atoms with E-state index < -0.39 is 0 Å². The van der Waals surface area contributed by atoms with Gasteiger partial charge in [0, 0.05) is 0 Å². The molecule has 0 atom stereocenters. The van der Waals surface area contributed by atoms with Crippen LogP contribution >= 0.6 is 0 Å². The zero-order valence-corrected chi connectivity index (χ0v) is 6.07. The number of aromatic nitrogens is 2. The molecule has 1 heterocycles. The van der Waals surface area contributed by atoms with Gasteiger partial charge in [-0.1, -0.05) is 12.1 Å². The molecule has 0 aliphatic heterocycles. The van der Waals surface area contributed by atoms with Crippen LogP contribution in [-0.4, -0.2) is 16.7 Å². The lowest BCUT2D eigenvalue weighted by molar-refractivity contribution is 0.435. The molecule has 4 heteroatoms. The molecule has 1 N–H and O–H groups in total. The first-order valence-electron chi connectivity index (χ1n) is 3.39. The third kappa shape index (κ3) is 0.934. The molecule has 0 fully saturated rings. The fourth-order valence-electron chi connectivity index (χ4n) is 1.06. The van der Waals surface area contributed by atoms with Crippen molar-refractivity contribution in [2.24, 2.45) is 0 Å². The van der Waals surface area contributed by atoms with Gasteiger partial charge in [-0.05, 0) is 12.1 Å². The summed E-state index contributed by atoms with van der Waals surface area (Å²) in [5.41, 5.74) is 0.836. The molecule has 0 aliphatic carbocycles. The first-order chi connectivity index (χ1) is 5.92. The summed E-state index contributed by atoms with van der Waals surface area (Å²) in [6, 6.07) is 7.37. The average molecular weight is 161 g/mol. The van der Waals surface area contributed by atoms with Gasteiger partial charge >= 0.3 is 6.47 Å². The normalized spacial score (nSPS) is 10.0. The fourth-order valence-corrected chi connectivity index (χ4v) is 1.06. The Morgan fingerprint density at radius 2 is 2.25 bits per heavy atom. The molecule has 59 valence electrons. The molecule has 0 amide bonds. The molecular weight excluding hydrogens is 156 g/mol. The maximum Gasteiger partial charge on any atom is 0.424 e. The predicted molar refractivity (Wildman–Crippen MR) is 42.4 cm³/mol. The van der Waals surface area contributed by atoms with Crippen LogP contribution in [-0.2, 0) is 4.79 Å². The Kier molecular flexibility index (Phi) is 1.51. The Bertz CT molecular complexity index is 408. The van der Waals surface area contributed by atoms with Crippen molar-refractivity contribution < 1.29 is 9.53 Å². The van der Waals surface area contributed by atoms with Crippen molar-refractivity contribution in [1.29, 1.82) is 0 Å². The zero-order chi connectivity index (χ0) is 8.39. The molecule has 0 saturated carbocycles. The number of aromatic amines is 1. The van der Waals surface area contributed by atoms with E-state index in [9.17, 15) is 4.79 Å². The van der Waals surface area contributed by atoms with Crippen molar-refractivity contribution in [2.75, 3.05) is 0 Å². The Morgan fingerprint density at radius 1 is 1.42 bits per heavy atom. The largest absolute Gasteiger partial charge is 0.424 e. The van der Waals surface area contributed by atoms with E-state index >= 15 is 0 Å². The highest BCUT2D eigenvalue weighted by atomic mass is 16.5. The monoisotopic (exact) mass is 161 g/mol. The van der Waals surface area contributed by atoms with Gasteiger partial charge in [-0.25, -0.2) is 4.79 Å². The van der Waals surface area contributed by atoms with Crippen LogP contribution in [0.4, 0.5) is 0 Å². The number of benzene rings is 1. The topological polar surface area (TPSA) is 55.0 Å². The maximum absolute atomic E-state index is 9.91. The lowest BCUT2D eigenvalue weighted by atomic mass is 10.2. The van der Waals surface area contributed by atoms with E-state index in [4.69, 9.17) is 0 Å². The third-order valence-corrected chi connectivity index (χ3v) is 1.57. The third-order valence-electron chi connectivity index (χ3n) is 1.57. The van der Waals surface area contributed by atoms with Crippen LogP contribution in [0.3, 0.4) is 0 Å². The van der Waals surface area contributed by atoms with Crippen molar-refractivity contribution in [3.63, 3.8) is 0 Å². The molecule has 1 aromatic heterocycles. The van der Waals surface area contributed by atoms with E-state index in [0.29, 0.717) is 0 Å². The number of hydrogen-bond donors (Lipinski definition) is 1. The van der Waals surface area contributed by atoms with Gasteiger partial charge in [-0.15, -0.1) is 5.10 Å². The number of nitrogens with one attached hydrogen (secondary N) is 1. The summed E-state index contributed by atoms with van der Waals surface area (Å²) < 4.78 is 4.51. The second kappa shape index (κ2) is 2.65. The van der Waals surface area contributed by atoms with Crippen LogP contribution in [0.5, 0.6) is 5.88 Å². The van der Waals surface area contributed by atoms with Gasteiger partial charge in [-0.2, -0.15) is 0 Å².